The maximum absolute atomic E-state index is 11.0. The highest BCUT2D eigenvalue weighted by atomic mass is 16.5. The average molecular weight is 229 g/mol. The number of hydrogen-bond donors (Lipinski definition) is 1. The Morgan fingerprint density at radius 2 is 1.75 bits per heavy atom. The van der Waals surface area contributed by atoms with Crippen LogP contribution in [0.1, 0.15) is 12.8 Å². The van der Waals surface area contributed by atoms with E-state index in [4.69, 9.17) is 14.6 Å². The van der Waals surface area contributed by atoms with E-state index in [1.807, 2.05) is 0 Å². The first-order chi connectivity index (χ1) is 7.67. The fraction of sp³-hybridized carbons (Fsp3) is 0.909. The van der Waals surface area contributed by atoms with Crippen molar-refractivity contribution in [2.75, 3.05) is 27.3 Å². The van der Waals surface area contributed by atoms with Gasteiger partial charge in [-0.1, -0.05) is 0 Å². The van der Waals surface area contributed by atoms with E-state index in [1.54, 1.807) is 14.2 Å². The molecular weight excluding hydrogens is 210 g/mol. The standard InChI is InChI=1S/C11H19NO4/c1-15-9-5-12(6-10(9)16-2)8-4-3-7(8)11(13)14/h7-10H,3-6H2,1-2H3,(H,13,14). The number of carboxylic acids is 1. The Morgan fingerprint density at radius 1 is 1.19 bits per heavy atom. The molecule has 16 heavy (non-hydrogen) atoms. The second kappa shape index (κ2) is 4.69. The van der Waals surface area contributed by atoms with Crippen molar-refractivity contribution in [1.29, 1.82) is 0 Å². The number of nitrogens with zero attached hydrogens (tertiary/aromatic N) is 1. The molecule has 1 heterocycles. The third-order valence-electron chi connectivity index (χ3n) is 3.87. The number of aliphatic carboxylic acids is 1. The zero-order chi connectivity index (χ0) is 11.7. The Hall–Kier alpha value is -0.650. The lowest BCUT2D eigenvalue weighted by Crippen LogP contribution is -2.49. The zero-order valence-electron chi connectivity index (χ0n) is 9.76. The van der Waals surface area contributed by atoms with E-state index in [2.05, 4.69) is 4.90 Å². The van der Waals surface area contributed by atoms with Crippen LogP contribution in [0, 0.1) is 5.92 Å². The summed E-state index contributed by atoms with van der Waals surface area (Å²) in [5.74, 6) is -0.876. The van der Waals surface area contributed by atoms with Crippen molar-refractivity contribution in [2.24, 2.45) is 5.92 Å². The quantitative estimate of drug-likeness (QED) is 0.746. The van der Waals surface area contributed by atoms with Gasteiger partial charge in [-0.2, -0.15) is 0 Å². The Balaban J connectivity index is 1.94. The molecule has 1 saturated heterocycles. The van der Waals surface area contributed by atoms with Gasteiger partial charge in [-0.05, 0) is 12.8 Å². The largest absolute Gasteiger partial charge is 0.481 e. The van der Waals surface area contributed by atoms with Crippen LogP contribution >= 0.6 is 0 Å². The first kappa shape index (κ1) is 11.8. The van der Waals surface area contributed by atoms with Gasteiger partial charge in [0.2, 0.25) is 0 Å². The average Bonchev–Trinajstić information content (AvgIpc) is 2.58. The molecule has 4 atom stereocenters. The number of carboxylic acid groups (broad SMARTS) is 1. The van der Waals surface area contributed by atoms with Gasteiger partial charge in [0.15, 0.2) is 0 Å². The number of ether oxygens (including phenoxy) is 2. The SMILES string of the molecule is COC1CN(C2CCC2C(=O)O)CC1OC. The summed E-state index contributed by atoms with van der Waals surface area (Å²) >= 11 is 0. The van der Waals surface area contributed by atoms with Gasteiger partial charge in [-0.3, -0.25) is 9.69 Å². The molecule has 0 aromatic carbocycles. The molecular formula is C11H19NO4. The van der Waals surface area contributed by atoms with Gasteiger partial charge in [0, 0.05) is 33.4 Å². The van der Waals surface area contributed by atoms with Gasteiger partial charge in [-0.25, -0.2) is 0 Å². The third kappa shape index (κ3) is 1.95. The summed E-state index contributed by atoms with van der Waals surface area (Å²) in [7, 11) is 3.35. The van der Waals surface area contributed by atoms with E-state index >= 15 is 0 Å². The number of carbonyl (C=O) groups is 1. The molecule has 92 valence electrons. The lowest BCUT2D eigenvalue weighted by molar-refractivity contribution is -0.148. The van der Waals surface area contributed by atoms with Gasteiger partial charge >= 0.3 is 5.97 Å². The minimum absolute atomic E-state index is 0.0695. The highest BCUT2D eigenvalue weighted by molar-refractivity contribution is 5.72. The van der Waals surface area contributed by atoms with E-state index in [-0.39, 0.29) is 24.2 Å². The first-order valence-electron chi connectivity index (χ1n) is 5.69. The van der Waals surface area contributed by atoms with Crippen molar-refractivity contribution >= 4 is 5.97 Å². The van der Waals surface area contributed by atoms with E-state index in [9.17, 15) is 4.79 Å². The molecule has 4 unspecified atom stereocenters. The minimum atomic E-state index is -0.675. The predicted molar refractivity (Wildman–Crippen MR) is 57.3 cm³/mol. The van der Waals surface area contributed by atoms with Crippen molar-refractivity contribution in [3.63, 3.8) is 0 Å². The van der Waals surface area contributed by atoms with Crippen molar-refractivity contribution in [3.8, 4) is 0 Å². The van der Waals surface area contributed by atoms with Crippen LogP contribution in [0.3, 0.4) is 0 Å². The van der Waals surface area contributed by atoms with Gasteiger partial charge in [0.25, 0.3) is 0 Å². The minimum Gasteiger partial charge on any atom is -0.481 e. The lowest BCUT2D eigenvalue weighted by atomic mass is 9.78. The summed E-state index contributed by atoms with van der Waals surface area (Å²) in [4.78, 5) is 13.2. The van der Waals surface area contributed by atoms with Crippen molar-refractivity contribution in [3.05, 3.63) is 0 Å². The van der Waals surface area contributed by atoms with E-state index in [0.29, 0.717) is 0 Å². The van der Waals surface area contributed by atoms with Crippen LogP contribution in [-0.4, -0.2) is 61.5 Å². The molecule has 0 spiro atoms. The number of methoxy groups -OCH3 is 2. The highest BCUT2D eigenvalue weighted by Crippen LogP contribution is 2.35. The van der Waals surface area contributed by atoms with E-state index in [1.165, 1.54) is 0 Å². The summed E-state index contributed by atoms with van der Waals surface area (Å²) in [5, 5.41) is 9.02. The molecule has 0 bridgehead atoms. The van der Waals surface area contributed by atoms with E-state index < -0.39 is 5.97 Å². The Kier molecular flexibility index (Phi) is 3.47. The monoisotopic (exact) mass is 229 g/mol. The number of hydrogen-bond acceptors (Lipinski definition) is 4. The van der Waals surface area contributed by atoms with Crippen LogP contribution in [0.5, 0.6) is 0 Å². The summed E-state index contributed by atoms with van der Waals surface area (Å²) in [6.45, 7) is 1.56. The van der Waals surface area contributed by atoms with Gasteiger partial charge in [-0.15, -0.1) is 0 Å². The molecule has 2 aliphatic rings. The molecule has 0 aromatic rings. The van der Waals surface area contributed by atoms with Crippen LogP contribution in [0.15, 0.2) is 0 Å². The van der Waals surface area contributed by atoms with Gasteiger partial charge in [0.05, 0.1) is 18.1 Å². The summed E-state index contributed by atoms with van der Waals surface area (Å²) < 4.78 is 10.7. The smallest absolute Gasteiger partial charge is 0.308 e. The van der Waals surface area contributed by atoms with Crippen molar-refractivity contribution in [1.82, 2.24) is 4.90 Å². The molecule has 5 heteroatoms. The molecule has 0 aromatic heterocycles. The Labute approximate surface area is 95.3 Å². The van der Waals surface area contributed by atoms with Crippen molar-refractivity contribution in [2.45, 2.75) is 31.1 Å². The zero-order valence-corrected chi connectivity index (χ0v) is 9.76. The summed E-state index contributed by atoms with van der Waals surface area (Å²) in [6, 6.07) is 0.176. The molecule has 2 fully saturated rings. The number of likely N-dealkylation sites (tertiary alicyclic amines) is 1. The third-order valence-corrected chi connectivity index (χ3v) is 3.87. The molecule has 2 rings (SSSR count). The second-order valence-corrected chi connectivity index (χ2v) is 4.59. The normalized spacial score (nSPS) is 39.6. The summed E-state index contributed by atoms with van der Waals surface area (Å²) in [5.41, 5.74) is 0. The van der Waals surface area contributed by atoms with Crippen LogP contribution in [-0.2, 0) is 14.3 Å². The fourth-order valence-corrected chi connectivity index (χ4v) is 2.70. The molecule has 5 nitrogen and oxygen atoms in total. The molecule has 1 aliphatic heterocycles. The second-order valence-electron chi connectivity index (χ2n) is 4.59. The maximum Gasteiger partial charge on any atom is 0.308 e. The maximum atomic E-state index is 11.0. The van der Waals surface area contributed by atoms with E-state index in [0.717, 1.165) is 25.9 Å². The lowest BCUT2D eigenvalue weighted by Gasteiger charge is -2.40. The molecule has 1 saturated carbocycles. The highest BCUT2D eigenvalue weighted by Gasteiger charge is 2.45. The Bertz CT molecular complexity index is 259. The molecule has 0 amide bonds. The van der Waals surface area contributed by atoms with Crippen LogP contribution in [0.4, 0.5) is 0 Å². The predicted octanol–water partition coefficient (Wildman–Crippen LogP) is 0.195. The topological polar surface area (TPSA) is 59.0 Å². The van der Waals surface area contributed by atoms with Crippen LogP contribution in [0.25, 0.3) is 0 Å². The number of rotatable bonds is 4. The molecule has 1 aliphatic carbocycles. The van der Waals surface area contributed by atoms with Crippen molar-refractivity contribution < 1.29 is 19.4 Å². The van der Waals surface area contributed by atoms with Crippen LogP contribution < -0.4 is 0 Å². The molecule has 0 radical (unpaired) electrons. The Morgan fingerprint density at radius 3 is 2.06 bits per heavy atom. The molecule has 1 N–H and O–H groups in total. The van der Waals surface area contributed by atoms with Gasteiger partial charge < -0.3 is 14.6 Å². The van der Waals surface area contributed by atoms with Crippen LogP contribution in [0.2, 0.25) is 0 Å². The fourth-order valence-electron chi connectivity index (χ4n) is 2.70. The van der Waals surface area contributed by atoms with Gasteiger partial charge in [0.1, 0.15) is 0 Å². The summed E-state index contributed by atoms with van der Waals surface area (Å²) in [6.07, 6.45) is 1.91. The first-order valence-corrected chi connectivity index (χ1v) is 5.69.